The lowest BCUT2D eigenvalue weighted by Gasteiger charge is -1.94. The predicted molar refractivity (Wildman–Crippen MR) is 57.2 cm³/mol. The number of hydrogen-bond acceptors (Lipinski definition) is 3. The zero-order chi connectivity index (χ0) is 10.5. The standard InChI is InChI=1S/C12H14N2O/c15-9-3-1-2-4-11-7-8-12(14-13-11)10-5-6-10/h7-8,10,15H,1,3,5-6,9H2. The van der Waals surface area contributed by atoms with E-state index >= 15 is 0 Å². The van der Waals surface area contributed by atoms with Crippen molar-refractivity contribution in [3.05, 3.63) is 23.5 Å². The van der Waals surface area contributed by atoms with Crippen molar-refractivity contribution >= 4 is 0 Å². The van der Waals surface area contributed by atoms with Crippen LogP contribution in [0.1, 0.15) is 43.0 Å². The maximum absolute atomic E-state index is 8.57. The van der Waals surface area contributed by atoms with Gasteiger partial charge < -0.3 is 5.11 Å². The van der Waals surface area contributed by atoms with E-state index < -0.39 is 0 Å². The van der Waals surface area contributed by atoms with E-state index in [-0.39, 0.29) is 6.61 Å². The van der Waals surface area contributed by atoms with Crippen LogP contribution in [0.4, 0.5) is 0 Å². The van der Waals surface area contributed by atoms with E-state index in [1.165, 1.54) is 12.8 Å². The van der Waals surface area contributed by atoms with E-state index in [9.17, 15) is 0 Å². The fourth-order valence-electron chi connectivity index (χ4n) is 1.33. The second-order valence-corrected chi connectivity index (χ2v) is 3.75. The van der Waals surface area contributed by atoms with Gasteiger partial charge in [0.05, 0.1) is 5.69 Å². The Morgan fingerprint density at radius 2 is 2.20 bits per heavy atom. The van der Waals surface area contributed by atoms with E-state index in [2.05, 4.69) is 22.0 Å². The van der Waals surface area contributed by atoms with Crippen LogP contribution in [0.2, 0.25) is 0 Å². The Hall–Kier alpha value is -1.40. The molecule has 1 fully saturated rings. The maximum atomic E-state index is 8.57. The Balaban J connectivity index is 1.93. The zero-order valence-corrected chi connectivity index (χ0v) is 8.61. The van der Waals surface area contributed by atoms with Gasteiger partial charge in [0, 0.05) is 18.9 Å². The third kappa shape index (κ3) is 3.03. The minimum atomic E-state index is 0.195. The van der Waals surface area contributed by atoms with Gasteiger partial charge in [0.1, 0.15) is 5.69 Å². The molecule has 1 N–H and O–H groups in total. The molecule has 0 aromatic carbocycles. The van der Waals surface area contributed by atoms with Crippen LogP contribution >= 0.6 is 0 Å². The summed E-state index contributed by atoms with van der Waals surface area (Å²) in [5.74, 6) is 6.53. The highest BCUT2D eigenvalue weighted by molar-refractivity contribution is 5.27. The van der Waals surface area contributed by atoms with Crippen molar-refractivity contribution in [2.24, 2.45) is 0 Å². The van der Waals surface area contributed by atoms with Crippen LogP contribution in [0.25, 0.3) is 0 Å². The van der Waals surface area contributed by atoms with E-state index in [4.69, 9.17) is 5.11 Å². The minimum Gasteiger partial charge on any atom is -0.396 e. The summed E-state index contributed by atoms with van der Waals surface area (Å²) in [5, 5.41) is 16.8. The normalized spacial score (nSPS) is 14.5. The largest absolute Gasteiger partial charge is 0.396 e. The van der Waals surface area contributed by atoms with Crippen LogP contribution in [-0.2, 0) is 0 Å². The second-order valence-electron chi connectivity index (χ2n) is 3.75. The van der Waals surface area contributed by atoms with Crippen LogP contribution in [0.5, 0.6) is 0 Å². The van der Waals surface area contributed by atoms with E-state index in [0.717, 1.165) is 17.8 Å². The van der Waals surface area contributed by atoms with Gasteiger partial charge in [0.15, 0.2) is 0 Å². The van der Waals surface area contributed by atoms with Crippen LogP contribution < -0.4 is 0 Å². The van der Waals surface area contributed by atoms with E-state index in [1.807, 2.05) is 12.1 Å². The molecule has 1 aromatic rings. The summed E-state index contributed by atoms with van der Waals surface area (Å²) in [4.78, 5) is 0. The van der Waals surface area contributed by atoms with Crippen molar-refractivity contribution in [2.75, 3.05) is 6.61 Å². The molecule has 0 spiro atoms. The molecule has 15 heavy (non-hydrogen) atoms. The first kappa shape index (κ1) is 10.1. The lowest BCUT2D eigenvalue weighted by molar-refractivity contribution is 0.290. The van der Waals surface area contributed by atoms with Gasteiger partial charge in [-0.15, -0.1) is 5.10 Å². The van der Waals surface area contributed by atoms with Gasteiger partial charge in [0.2, 0.25) is 0 Å². The summed E-state index contributed by atoms with van der Waals surface area (Å²) < 4.78 is 0. The Morgan fingerprint density at radius 1 is 1.33 bits per heavy atom. The van der Waals surface area contributed by atoms with E-state index in [0.29, 0.717) is 12.3 Å². The van der Waals surface area contributed by atoms with Crippen LogP contribution in [0.15, 0.2) is 12.1 Å². The average molecular weight is 202 g/mol. The summed E-state index contributed by atoms with van der Waals surface area (Å²) in [6.45, 7) is 0.195. The monoisotopic (exact) mass is 202 g/mol. The molecular weight excluding hydrogens is 188 g/mol. The molecule has 3 heteroatoms. The molecule has 2 rings (SSSR count). The van der Waals surface area contributed by atoms with Gasteiger partial charge in [0.25, 0.3) is 0 Å². The number of aromatic nitrogens is 2. The average Bonchev–Trinajstić information content (AvgIpc) is 3.09. The number of rotatable bonds is 3. The second kappa shape index (κ2) is 4.90. The highest BCUT2D eigenvalue weighted by Crippen LogP contribution is 2.38. The Morgan fingerprint density at radius 3 is 2.80 bits per heavy atom. The molecule has 0 aliphatic heterocycles. The van der Waals surface area contributed by atoms with Gasteiger partial charge in [-0.25, -0.2) is 0 Å². The smallest absolute Gasteiger partial charge is 0.135 e. The van der Waals surface area contributed by atoms with Crippen LogP contribution in [0.3, 0.4) is 0 Å². The molecule has 0 amide bonds. The molecule has 0 bridgehead atoms. The Bertz CT molecular complexity index is 371. The van der Waals surface area contributed by atoms with Crippen molar-refractivity contribution in [3.8, 4) is 11.8 Å². The van der Waals surface area contributed by atoms with E-state index in [1.54, 1.807) is 0 Å². The van der Waals surface area contributed by atoms with Crippen LogP contribution in [-0.4, -0.2) is 21.9 Å². The van der Waals surface area contributed by atoms with Crippen molar-refractivity contribution in [1.82, 2.24) is 10.2 Å². The summed E-state index contributed by atoms with van der Waals surface area (Å²) >= 11 is 0. The topological polar surface area (TPSA) is 46.0 Å². The molecule has 1 saturated carbocycles. The fourth-order valence-corrected chi connectivity index (χ4v) is 1.33. The van der Waals surface area contributed by atoms with Crippen molar-refractivity contribution < 1.29 is 5.11 Å². The number of aliphatic hydroxyl groups excluding tert-OH is 1. The first-order valence-electron chi connectivity index (χ1n) is 5.33. The third-order valence-electron chi connectivity index (χ3n) is 2.36. The summed E-state index contributed by atoms with van der Waals surface area (Å²) in [6, 6.07) is 3.94. The molecule has 0 unspecified atom stereocenters. The Kier molecular flexibility index (Phi) is 3.31. The first-order valence-corrected chi connectivity index (χ1v) is 5.33. The number of aliphatic hydroxyl groups is 1. The Labute approximate surface area is 89.5 Å². The minimum absolute atomic E-state index is 0.195. The third-order valence-corrected chi connectivity index (χ3v) is 2.36. The highest BCUT2D eigenvalue weighted by Gasteiger charge is 2.24. The van der Waals surface area contributed by atoms with Gasteiger partial charge in [-0.05, 0) is 37.3 Å². The summed E-state index contributed by atoms with van der Waals surface area (Å²) in [7, 11) is 0. The zero-order valence-electron chi connectivity index (χ0n) is 8.61. The van der Waals surface area contributed by atoms with Gasteiger partial charge in [-0.1, -0.05) is 5.92 Å². The predicted octanol–water partition coefficient (Wildman–Crippen LogP) is 1.48. The van der Waals surface area contributed by atoms with Gasteiger partial charge in [-0.3, -0.25) is 0 Å². The van der Waals surface area contributed by atoms with Crippen molar-refractivity contribution in [3.63, 3.8) is 0 Å². The summed E-state index contributed by atoms with van der Waals surface area (Å²) in [5.41, 5.74) is 1.81. The van der Waals surface area contributed by atoms with Crippen molar-refractivity contribution in [2.45, 2.75) is 31.6 Å². The molecule has 0 atom stereocenters. The molecule has 3 nitrogen and oxygen atoms in total. The molecule has 0 saturated heterocycles. The lowest BCUT2D eigenvalue weighted by Crippen LogP contribution is -1.92. The molecule has 1 aromatic heterocycles. The molecular formula is C12H14N2O. The molecule has 1 aliphatic carbocycles. The van der Waals surface area contributed by atoms with Crippen molar-refractivity contribution in [1.29, 1.82) is 0 Å². The molecule has 1 aliphatic rings. The van der Waals surface area contributed by atoms with Gasteiger partial charge in [-0.2, -0.15) is 5.10 Å². The maximum Gasteiger partial charge on any atom is 0.135 e. The molecule has 78 valence electrons. The van der Waals surface area contributed by atoms with Crippen LogP contribution in [0, 0.1) is 11.8 Å². The SMILES string of the molecule is OCCCC#Cc1ccc(C2CC2)nn1. The number of nitrogens with zero attached hydrogens (tertiary/aromatic N) is 2. The highest BCUT2D eigenvalue weighted by atomic mass is 16.2. The fraction of sp³-hybridized carbons (Fsp3) is 0.500. The van der Waals surface area contributed by atoms with Gasteiger partial charge >= 0.3 is 0 Å². The lowest BCUT2D eigenvalue weighted by atomic mass is 10.2. The molecule has 1 heterocycles. The number of unbranched alkanes of at least 4 members (excludes halogenated alkanes) is 1. The first-order chi connectivity index (χ1) is 7.40. The summed E-state index contributed by atoms with van der Waals surface area (Å²) in [6.07, 6.45) is 3.93. The quantitative estimate of drug-likeness (QED) is 0.596. The number of hydrogen-bond donors (Lipinski definition) is 1. The molecule has 0 radical (unpaired) electrons.